The van der Waals surface area contributed by atoms with Gasteiger partial charge in [0.1, 0.15) is 0 Å². The third-order valence-electron chi connectivity index (χ3n) is 3.18. The van der Waals surface area contributed by atoms with E-state index in [1.807, 2.05) is 12.1 Å². The minimum absolute atomic E-state index is 0.149. The number of benzene rings is 2. The smallest absolute Gasteiger partial charge is 0.230 e. The molecular formula is C16H13NO3. The van der Waals surface area contributed by atoms with Gasteiger partial charge in [0.05, 0.1) is 12.8 Å². The minimum atomic E-state index is -0.235. The zero-order valence-electron chi connectivity index (χ0n) is 10.9. The topological polar surface area (TPSA) is 65.5 Å². The lowest BCUT2D eigenvalue weighted by atomic mass is 10.1. The second-order valence-corrected chi connectivity index (χ2v) is 4.38. The summed E-state index contributed by atoms with van der Waals surface area (Å²) in [5, 5.41) is 0.684. The molecule has 0 fully saturated rings. The maximum absolute atomic E-state index is 12.4. The molecule has 2 N–H and O–H groups in total. The molecule has 2 aromatic carbocycles. The number of para-hydroxylation sites is 1. The highest BCUT2D eigenvalue weighted by Gasteiger charge is 2.21. The Labute approximate surface area is 115 Å². The van der Waals surface area contributed by atoms with Crippen LogP contribution in [-0.2, 0) is 0 Å². The fourth-order valence-corrected chi connectivity index (χ4v) is 2.16. The van der Waals surface area contributed by atoms with Crippen LogP contribution < -0.4 is 10.5 Å². The molecule has 0 saturated heterocycles. The molecule has 0 saturated carbocycles. The molecule has 1 heterocycles. The quantitative estimate of drug-likeness (QED) is 0.740. The molecule has 4 heteroatoms. The minimum Gasteiger partial charge on any atom is -0.493 e. The van der Waals surface area contributed by atoms with Gasteiger partial charge in [-0.2, -0.15) is 0 Å². The number of carbonyl (C=O) groups is 1. The Morgan fingerprint density at radius 2 is 1.85 bits per heavy atom. The molecule has 4 nitrogen and oxygen atoms in total. The van der Waals surface area contributed by atoms with Gasteiger partial charge in [-0.25, -0.2) is 0 Å². The van der Waals surface area contributed by atoms with Gasteiger partial charge in [-0.1, -0.05) is 36.4 Å². The largest absolute Gasteiger partial charge is 0.493 e. The SMILES string of the molecule is COc1cccc2c(N)c(C(=O)c3ccccc3)oc12. The van der Waals surface area contributed by atoms with Crippen LogP contribution in [0.5, 0.6) is 5.75 Å². The molecule has 0 bridgehead atoms. The van der Waals surface area contributed by atoms with Crippen molar-refractivity contribution in [3.63, 3.8) is 0 Å². The lowest BCUT2D eigenvalue weighted by molar-refractivity contribution is 0.101. The van der Waals surface area contributed by atoms with Crippen LogP contribution in [0.25, 0.3) is 11.0 Å². The van der Waals surface area contributed by atoms with Crippen LogP contribution in [0.15, 0.2) is 52.9 Å². The predicted molar refractivity (Wildman–Crippen MR) is 77.1 cm³/mol. The average Bonchev–Trinajstić information content (AvgIpc) is 2.85. The van der Waals surface area contributed by atoms with Crippen LogP contribution in [0.3, 0.4) is 0 Å². The molecule has 0 amide bonds. The second kappa shape index (κ2) is 4.74. The molecule has 0 atom stereocenters. The molecule has 0 unspecified atom stereocenters. The number of rotatable bonds is 3. The standard InChI is InChI=1S/C16H13NO3/c1-19-12-9-5-8-11-13(17)16(20-15(11)12)14(18)10-6-3-2-4-7-10/h2-9H,17H2,1H3. The van der Waals surface area contributed by atoms with Crippen molar-refractivity contribution in [1.82, 2.24) is 0 Å². The number of ether oxygens (including phenoxy) is 1. The van der Waals surface area contributed by atoms with Gasteiger partial charge in [-0.3, -0.25) is 4.79 Å². The van der Waals surface area contributed by atoms with Crippen molar-refractivity contribution >= 4 is 22.4 Å². The Balaban J connectivity index is 2.18. The van der Waals surface area contributed by atoms with Crippen LogP contribution >= 0.6 is 0 Å². The first kappa shape index (κ1) is 12.3. The summed E-state index contributed by atoms with van der Waals surface area (Å²) in [6, 6.07) is 14.3. The molecule has 3 aromatic rings. The molecule has 0 aliphatic carbocycles. The van der Waals surface area contributed by atoms with Crippen molar-refractivity contribution in [2.45, 2.75) is 0 Å². The highest BCUT2D eigenvalue weighted by molar-refractivity contribution is 6.14. The number of hydrogen-bond donors (Lipinski definition) is 1. The molecule has 0 aliphatic heterocycles. The van der Waals surface area contributed by atoms with Gasteiger partial charge in [-0.15, -0.1) is 0 Å². The van der Waals surface area contributed by atoms with E-state index in [2.05, 4.69) is 0 Å². The van der Waals surface area contributed by atoms with Crippen molar-refractivity contribution in [3.8, 4) is 5.75 Å². The van der Waals surface area contributed by atoms with E-state index in [-0.39, 0.29) is 11.5 Å². The first-order chi connectivity index (χ1) is 9.72. The maximum Gasteiger partial charge on any atom is 0.230 e. The molecule has 0 aliphatic rings. The first-order valence-electron chi connectivity index (χ1n) is 6.17. The van der Waals surface area contributed by atoms with E-state index < -0.39 is 0 Å². The fraction of sp³-hybridized carbons (Fsp3) is 0.0625. The molecule has 100 valence electrons. The van der Waals surface area contributed by atoms with Gasteiger partial charge in [0.15, 0.2) is 17.1 Å². The Morgan fingerprint density at radius 3 is 2.55 bits per heavy atom. The highest BCUT2D eigenvalue weighted by atomic mass is 16.5. The number of ketones is 1. The number of nitrogen functional groups attached to an aromatic ring is 1. The summed E-state index contributed by atoms with van der Waals surface area (Å²) in [5.41, 5.74) is 7.40. The van der Waals surface area contributed by atoms with E-state index in [0.717, 1.165) is 0 Å². The molecular weight excluding hydrogens is 254 g/mol. The van der Waals surface area contributed by atoms with Crippen LogP contribution in [0.1, 0.15) is 16.1 Å². The summed E-state index contributed by atoms with van der Waals surface area (Å²) < 4.78 is 10.9. The van der Waals surface area contributed by atoms with Crippen LogP contribution in [0.2, 0.25) is 0 Å². The number of hydrogen-bond acceptors (Lipinski definition) is 4. The molecule has 0 radical (unpaired) electrons. The lowest BCUT2D eigenvalue weighted by Gasteiger charge is -1.98. The summed E-state index contributed by atoms with van der Waals surface area (Å²) in [7, 11) is 1.55. The second-order valence-electron chi connectivity index (χ2n) is 4.38. The van der Waals surface area contributed by atoms with Gasteiger partial charge < -0.3 is 14.9 Å². The average molecular weight is 267 g/mol. The molecule has 20 heavy (non-hydrogen) atoms. The Bertz CT molecular complexity index is 775. The first-order valence-corrected chi connectivity index (χ1v) is 6.17. The van der Waals surface area contributed by atoms with Crippen LogP contribution in [-0.4, -0.2) is 12.9 Å². The number of nitrogens with two attached hydrogens (primary N) is 1. The fourth-order valence-electron chi connectivity index (χ4n) is 2.16. The summed E-state index contributed by atoms with van der Waals surface area (Å²) in [5.74, 6) is 0.471. The Hall–Kier alpha value is -2.75. The molecule has 0 spiro atoms. The number of carbonyl (C=O) groups excluding carboxylic acids is 1. The Kier molecular flexibility index (Phi) is 2.91. The summed E-state index contributed by atoms with van der Waals surface area (Å²) in [6.07, 6.45) is 0. The summed E-state index contributed by atoms with van der Waals surface area (Å²) in [6.45, 7) is 0. The zero-order chi connectivity index (χ0) is 14.1. The van der Waals surface area contributed by atoms with Gasteiger partial charge in [0.25, 0.3) is 0 Å². The van der Waals surface area contributed by atoms with Gasteiger partial charge in [0, 0.05) is 10.9 Å². The van der Waals surface area contributed by atoms with Crippen molar-refractivity contribution in [2.24, 2.45) is 0 Å². The van der Waals surface area contributed by atoms with Gasteiger partial charge in [0.2, 0.25) is 5.78 Å². The van der Waals surface area contributed by atoms with Gasteiger partial charge in [-0.05, 0) is 12.1 Å². The van der Waals surface area contributed by atoms with Crippen molar-refractivity contribution < 1.29 is 13.9 Å². The van der Waals surface area contributed by atoms with Crippen molar-refractivity contribution in [3.05, 3.63) is 59.9 Å². The lowest BCUT2D eigenvalue weighted by Crippen LogP contribution is -2.02. The van der Waals surface area contributed by atoms with E-state index in [4.69, 9.17) is 14.9 Å². The van der Waals surface area contributed by atoms with E-state index in [1.54, 1.807) is 43.5 Å². The summed E-state index contributed by atoms with van der Waals surface area (Å²) >= 11 is 0. The number of anilines is 1. The van der Waals surface area contributed by atoms with Crippen molar-refractivity contribution in [2.75, 3.05) is 12.8 Å². The predicted octanol–water partition coefficient (Wildman–Crippen LogP) is 3.25. The van der Waals surface area contributed by atoms with Crippen molar-refractivity contribution in [1.29, 1.82) is 0 Å². The van der Waals surface area contributed by atoms with Crippen LogP contribution in [0, 0.1) is 0 Å². The zero-order valence-corrected chi connectivity index (χ0v) is 10.9. The number of furan rings is 1. The third-order valence-corrected chi connectivity index (χ3v) is 3.18. The highest BCUT2D eigenvalue weighted by Crippen LogP contribution is 2.35. The van der Waals surface area contributed by atoms with E-state index in [9.17, 15) is 4.79 Å². The molecule has 3 rings (SSSR count). The van der Waals surface area contributed by atoms with E-state index in [0.29, 0.717) is 28.0 Å². The molecule has 1 aromatic heterocycles. The summed E-state index contributed by atoms with van der Waals surface area (Å²) in [4.78, 5) is 12.4. The maximum atomic E-state index is 12.4. The number of fused-ring (bicyclic) bond motifs is 1. The Morgan fingerprint density at radius 1 is 1.10 bits per heavy atom. The van der Waals surface area contributed by atoms with Gasteiger partial charge >= 0.3 is 0 Å². The third kappa shape index (κ3) is 1.82. The van der Waals surface area contributed by atoms with Crippen LogP contribution in [0.4, 0.5) is 5.69 Å². The van der Waals surface area contributed by atoms with E-state index >= 15 is 0 Å². The number of methoxy groups -OCH3 is 1. The monoisotopic (exact) mass is 267 g/mol. The normalized spacial score (nSPS) is 10.7. The van der Waals surface area contributed by atoms with E-state index in [1.165, 1.54) is 0 Å².